The van der Waals surface area contributed by atoms with Crippen LogP contribution in [0.1, 0.15) is 23.1 Å². The molecule has 0 fully saturated rings. The van der Waals surface area contributed by atoms with Crippen molar-refractivity contribution in [1.29, 1.82) is 5.26 Å². The van der Waals surface area contributed by atoms with Crippen molar-refractivity contribution in [2.24, 2.45) is 0 Å². The second-order valence-electron chi connectivity index (χ2n) is 5.87. The smallest absolute Gasteiger partial charge is 0.341 e. The van der Waals surface area contributed by atoms with Crippen LogP contribution in [-0.4, -0.2) is 34.3 Å². The molecule has 0 unspecified atom stereocenters. The lowest BCUT2D eigenvalue weighted by Gasteiger charge is -2.14. The maximum atomic E-state index is 14.0. The van der Waals surface area contributed by atoms with E-state index in [-0.39, 0.29) is 22.7 Å². The van der Waals surface area contributed by atoms with E-state index in [1.807, 2.05) is 6.07 Å². The largest absolute Gasteiger partial charge is 0.507 e. The number of aliphatic hydroxyl groups is 1. The van der Waals surface area contributed by atoms with E-state index in [4.69, 9.17) is 9.47 Å². The summed E-state index contributed by atoms with van der Waals surface area (Å²) < 4.78 is 24.0. The van der Waals surface area contributed by atoms with Crippen LogP contribution >= 0.6 is 0 Å². The molecule has 0 amide bonds. The molecule has 142 valence electrons. The Hall–Kier alpha value is -3.86. The van der Waals surface area contributed by atoms with E-state index in [1.54, 1.807) is 24.3 Å². The molecule has 8 heteroatoms. The third-order valence-electron chi connectivity index (χ3n) is 4.06. The number of nitrogens with one attached hydrogen (secondary N) is 1. The number of carbonyl (C=O) groups excluding carboxylic acids is 1. The molecule has 0 saturated heterocycles. The number of nitrogens with zero attached hydrogens (tertiary/aromatic N) is 2. The number of hydrogen-bond donors (Lipinski definition) is 2. The summed E-state index contributed by atoms with van der Waals surface area (Å²) in [6.07, 6.45) is -1.20. The highest BCUT2D eigenvalue weighted by Crippen LogP contribution is 2.23. The molecule has 1 heterocycles. The molecule has 3 rings (SSSR count). The van der Waals surface area contributed by atoms with Gasteiger partial charge < -0.3 is 19.6 Å². The van der Waals surface area contributed by atoms with Crippen LogP contribution in [0.15, 0.2) is 48.2 Å². The van der Waals surface area contributed by atoms with Crippen molar-refractivity contribution in [3.8, 4) is 11.8 Å². The number of methoxy groups -OCH3 is 1. The number of aromatic amines is 1. The number of allylic oxidation sites excluding steroid dienone is 1. The van der Waals surface area contributed by atoms with Crippen molar-refractivity contribution in [2.75, 3.05) is 7.11 Å². The van der Waals surface area contributed by atoms with E-state index < -0.39 is 23.6 Å². The van der Waals surface area contributed by atoms with Crippen LogP contribution in [0.3, 0.4) is 0 Å². The summed E-state index contributed by atoms with van der Waals surface area (Å²) in [5.41, 5.74) is 0.806. The minimum absolute atomic E-state index is 0.139. The Balaban J connectivity index is 1.86. The summed E-state index contributed by atoms with van der Waals surface area (Å²) >= 11 is 0. The molecule has 7 nitrogen and oxygen atoms in total. The summed E-state index contributed by atoms with van der Waals surface area (Å²) in [5.74, 6) is -1.91. The number of nitriles is 1. The van der Waals surface area contributed by atoms with E-state index in [0.717, 1.165) is 6.07 Å². The summed E-state index contributed by atoms with van der Waals surface area (Å²) in [6.45, 7) is 1.37. The maximum absolute atomic E-state index is 14.0. The third kappa shape index (κ3) is 3.64. The number of rotatable bonds is 5. The first kappa shape index (κ1) is 18.9. The van der Waals surface area contributed by atoms with E-state index in [2.05, 4.69) is 9.97 Å². The number of halogens is 1. The Labute approximate surface area is 159 Å². The number of para-hydroxylation sites is 2. The van der Waals surface area contributed by atoms with Crippen LogP contribution in [0.4, 0.5) is 4.39 Å². The first-order valence-corrected chi connectivity index (χ1v) is 8.27. The van der Waals surface area contributed by atoms with Gasteiger partial charge in [-0.15, -0.1) is 0 Å². The van der Waals surface area contributed by atoms with Gasteiger partial charge in [-0.1, -0.05) is 12.1 Å². The standard InChI is InChI=1S/C20H16FN3O4/c1-11(28-20(26)13-8-7-12(27-2)9-15(13)21)18(25)14(10-22)19-23-16-5-3-4-6-17(16)24-19/h3-9,11,25H,1-2H3,(H,23,24)/b18-14-/t11-/m1/s1. The summed E-state index contributed by atoms with van der Waals surface area (Å²) in [4.78, 5) is 19.4. The predicted molar refractivity (Wildman–Crippen MR) is 99.1 cm³/mol. The molecule has 2 N–H and O–H groups in total. The number of H-pyrrole nitrogens is 1. The molecule has 0 aliphatic heterocycles. The first-order valence-electron chi connectivity index (χ1n) is 8.27. The van der Waals surface area contributed by atoms with Gasteiger partial charge >= 0.3 is 5.97 Å². The molecule has 0 bridgehead atoms. The van der Waals surface area contributed by atoms with Gasteiger partial charge in [0.1, 0.15) is 23.2 Å². The molecule has 2 aromatic carbocycles. The van der Waals surface area contributed by atoms with Gasteiger partial charge in [0, 0.05) is 6.07 Å². The number of benzene rings is 2. The monoisotopic (exact) mass is 381 g/mol. The van der Waals surface area contributed by atoms with Gasteiger partial charge in [-0.2, -0.15) is 5.26 Å². The zero-order valence-corrected chi connectivity index (χ0v) is 15.1. The molecule has 0 radical (unpaired) electrons. The number of aromatic nitrogens is 2. The second-order valence-corrected chi connectivity index (χ2v) is 5.87. The number of aliphatic hydroxyl groups excluding tert-OH is 1. The molecule has 28 heavy (non-hydrogen) atoms. The molecule has 0 saturated carbocycles. The third-order valence-corrected chi connectivity index (χ3v) is 4.06. The SMILES string of the molecule is COc1ccc(C(=O)O[C@H](C)/C(O)=C(\C#N)c2nc3ccccc3[nH]2)c(F)c1. The maximum Gasteiger partial charge on any atom is 0.341 e. The topological polar surface area (TPSA) is 108 Å². The van der Waals surface area contributed by atoms with Gasteiger partial charge in [-0.25, -0.2) is 14.2 Å². The molecular formula is C20H16FN3O4. The normalized spacial score (nSPS) is 12.8. The number of esters is 1. The average Bonchev–Trinajstić information content (AvgIpc) is 3.11. The van der Waals surface area contributed by atoms with E-state index in [9.17, 15) is 19.6 Å². The Bertz CT molecular complexity index is 1080. The Morgan fingerprint density at radius 3 is 2.71 bits per heavy atom. The number of carbonyl (C=O) groups is 1. The minimum Gasteiger partial charge on any atom is -0.507 e. The van der Waals surface area contributed by atoms with Crippen LogP contribution in [0, 0.1) is 17.1 Å². The van der Waals surface area contributed by atoms with Crippen molar-refractivity contribution >= 4 is 22.6 Å². The lowest BCUT2D eigenvalue weighted by atomic mass is 10.1. The Morgan fingerprint density at radius 2 is 2.07 bits per heavy atom. The highest BCUT2D eigenvalue weighted by atomic mass is 19.1. The van der Waals surface area contributed by atoms with Gasteiger partial charge in [-0.3, -0.25) is 0 Å². The number of hydrogen-bond acceptors (Lipinski definition) is 6. The lowest BCUT2D eigenvalue weighted by Crippen LogP contribution is -2.19. The second kappa shape index (κ2) is 7.80. The zero-order chi connectivity index (χ0) is 20.3. The van der Waals surface area contributed by atoms with Crippen molar-refractivity contribution in [1.82, 2.24) is 9.97 Å². The van der Waals surface area contributed by atoms with Crippen LogP contribution in [0.25, 0.3) is 16.6 Å². The quantitative estimate of drug-likeness (QED) is 0.396. The molecule has 1 atom stereocenters. The fourth-order valence-electron chi connectivity index (χ4n) is 2.57. The predicted octanol–water partition coefficient (Wildman–Crippen LogP) is 3.75. The molecule has 3 aromatic rings. The highest BCUT2D eigenvalue weighted by Gasteiger charge is 2.23. The number of fused-ring (bicyclic) bond motifs is 1. The van der Waals surface area contributed by atoms with Crippen molar-refractivity contribution in [2.45, 2.75) is 13.0 Å². The van der Waals surface area contributed by atoms with Gasteiger partial charge in [0.15, 0.2) is 17.7 Å². The molecule has 0 aliphatic rings. The fraction of sp³-hybridized carbons (Fsp3) is 0.150. The summed E-state index contributed by atoms with van der Waals surface area (Å²) in [5, 5.41) is 19.8. The molecule has 0 spiro atoms. The molecular weight excluding hydrogens is 365 g/mol. The van der Waals surface area contributed by atoms with Crippen molar-refractivity contribution in [3.63, 3.8) is 0 Å². The van der Waals surface area contributed by atoms with E-state index in [1.165, 1.54) is 26.2 Å². The van der Waals surface area contributed by atoms with Gasteiger partial charge in [-0.05, 0) is 31.2 Å². The Kier molecular flexibility index (Phi) is 5.27. The lowest BCUT2D eigenvalue weighted by molar-refractivity contribution is 0.0329. The van der Waals surface area contributed by atoms with Gasteiger partial charge in [0.05, 0.1) is 23.7 Å². The van der Waals surface area contributed by atoms with Crippen LogP contribution in [0.2, 0.25) is 0 Å². The van der Waals surface area contributed by atoms with E-state index in [0.29, 0.717) is 11.0 Å². The zero-order valence-electron chi connectivity index (χ0n) is 15.1. The van der Waals surface area contributed by atoms with Crippen LogP contribution in [0.5, 0.6) is 5.75 Å². The van der Waals surface area contributed by atoms with Crippen LogP contribution < -0.4 is 4.74 Å². The molecule has 1 aromatic heterocycles. The van der Waals surface area contributed by atoms with Gasteiger partial charge in [0.25, 0.3) is 0 Å². The summed E-state index contributed by atoms with van der Waals surface area (Å²) in [6, 6.07) is 12.6. The first-order chi connectivity index (χ1) is 13.4. The number of ether oxygens (including phenoxy) is 2. The Morgan fingerprint density at radius 1 is 1.32 bits per heavy atom. The summed E-state index contributed by atoms with van der Waals surface area (Å²) in [7, 11) is 1.37. The van der Waals surface area contributed by atoms with Crippen molar-refractivity contribution < 1.29 is 23.8 Å². The van der Waals surface area contributed by atoms with Crippen LogP contribution in [-0.2, 0) is 4.74 Å². The molecule has 0 aliphatic carbocycles. The highest BCUT2D eigenvalue weighted by molar-refractivity contribution is 5.90. The van der Waals surface area contributed by atoms with Crippen molar-refractivity contribution in [3.05, 3.63) is 65.4 Å². The van der Waals surface area contributed by atoms with Gasteiger partial charge in [0.2, 0.25) is 0 Å². The average molecular weight is 381 g/mol. The number of imidazole rings is 1. The minimum atomic E-state index is -1.20. The van der Waals surface area contributed by atoms with E-state index >= 15 is 0 Å². The fourth-order valence-corrected chi connectivity index (χ4v) is 2.57.